The summed E-state index contributed by atoms with van der Waals surface area (Å²) >= 11 is 0. The van der Waals surface area contributed by atoms with Gasteiger partial charge in [0.2, 0.25) is 5.88 Å². The summed E-state index contributed by atoms with van der Waals surface area (Å²) in [6, 6.07) is 0. The number of rotatable bonds is 2. The highest BCUT2D eigenvalue weighted by atomic mass is 16.5. The third-order valence-corrected chi connectivity index (χ3v) is 5.02. The first-order valence-corrected chi connectivity index (χ1v) is 8.81. The van der Waals surface area contributed by atoms with Crippen LogP contribution in [-0.2, 0) is 19.3 Å². The van der Waals surface area contributed by atoms with Crippen molar-refractivity contribution >= 4 is 0 Å². The zero-order chi connectivity index (χ0) is 17.6. The van der Waals surface area contributed by atoms with Gasteiger partial charge < -0.3 is 9.72 Å². The van der Waals surface area contributed by atoms with E-state index in [-0.39, 0.29) is 11.7 Å². The number of aromatic amines is 1. The number of fused-ring (bicyclic) bond motifs is 2. The number of aromatic nitrogens is 4. The Labute approximate surface area is 146 Å². The van der Waals surface area contributed by atoms with Crippen LogP contribution < -0.4 is 10.3 Å². The molecule has 2 aliphatic heterocycles. The van der Waals surface area contributed by atoms with Gasteiger partial charge >= 0.3 is 0 Å². The number of aryl methyl sites for hydroxylation is 3. The van der Waals surface area contributed by atoms with Crippen molar-refractivity contribution in [3.05, 3.63) is 44.5 Å². The van der Waals surface area contributed by atoms with Gasteiger partial charge in [-0.1, -0.05) is 0 Å². The summed E-state index contributed by atoms with van der Waals surface area (Å²) in [6.45, 7) is 8.31. The average Bonchev–Trinajstić information content (AvgIpc) is 2.82. The van der Waals surface area contributed by atoms with E-state index in [4.69, 9.17) is 4.74 Å². The number of hydrogen-bond donors (Lipinski definition) is 1. The van der Waals surface area contributed by atoms with Gasteiger partial charge in [0.1, 0.15) is 17.8 Å². The van der Waals surface area contributed by atoms with Gasteiger partial charge in [0.05, 0.1) is 5.69 Å². The van der Waals surface area contributed by atoms with Gasteiger partial charge in [-0.2, -0.15) is 4.98 Å². The van der Waals surface area contributed by atoms with Crippen LogP contribution in [0.3, 0.4) is 0 Å². The van der Waals surface area contributed by atoms with Gasteiger partial charge in [0.25, 0.3) is 5.56 Å². The van der Waals surface area contributed by atoms with Gasteiger partial charge in [0.15, 0.2) is 0 Å². The Balaban J connectivity index is 1.45. The van der Waals surface area contributed by atoms with E-state index >= 15 is 0 Å². The number of ether oxygens (including phenoxy) is 1. The summed E-state index contributed by atoms with van der Waals surface area (Å²) in [4.78, 5) is 30.7. The van der Waals surface area contributed by atoms with Crippen LogP contribution >= 0.6 is 0 Å². The monoisotopic (exact) mass is 341 g/mol. The maximum absolute atomic E-state index is 12.2. The molecule has 1 atom stereocenters. The molecule has 0 bridgehead atoms. The summed E-state index contributed by atoms with van der Waals surface area (Å²) in [5.41, 5.74) is 3.93. The minimum absolute atomic E-state index is 0.00949. The summed E-state index contributed by atoms with van der Waals surface area (Å²) in [6.07, 6.45) is 2.48. The molecule has 4 rings (SSSR count). The minimum atomic E-state index is 0.00949. The lowest BCUT2D eigenvalue weighted by Crippen LogP contribution is -2.36. The summed E-state index contributed by atoms with van der Waals surface area (Å²) in [5.74, 6) is 2.18. The highest BCUT2D eigenvalue weighted by Gasteiger charge is 2.29. The van der Waals surface area contributed by atoms with Gasteiger partial charge in [-0.15, -0.1) is 0 Å². The molecule has 0 aromatic carbocycles. The van der Waals surface area contributed by atoms with E-state index < -0.39 is 0 Å². The second-order valence-corrected chi connectivity index (χ2v) is 6.96. The topological polar surface area (TPSA) is 84.0 Å². The second-order valence-electron chi connectivity index (χ2n) is 6.96. The molecule has 0 amide bonds. The second kappa shape index (κ2) is 6.22. The lowest BCUT2D eigenvalue weighted by Gasteiger charge is -2.22. The quantitative estimate of drug-likeness (QED) is 0.873. The first-order chi connectivity index (χ1) is 12.0. The van der Waals surface area contributed by atoms with Gasteiger partial charge in [-0.3, -0.25) is 9.69 Å². The molecule has 0 spiro atoms. The molecule has 0 radical (unpaired) electrons. The Hall–Kier alpha value is -2.28. The first-order valence-electron chi connectivity index (χ1n) is 8.81. The highest BCUT2D eigenvalue weighted by Crippen LogP contribution is 2.29. The fourth-order valence-corrected chi connectivity index (χ4v) is 3.82. The predicted octanol–water partition coefficient (Wildman–Crippen LogP) is 0.889. The lowest BCUT2D eigenvalue weighted by atomic mass is 10.1. The molecule has 0 fully saturated rings. The number of nitrogens with one attached hydrogen (secondary N) is 1. The van der Waals surface area contributed by atoms with Crippen molar-refractivity contribution in [2.45, 2.75) is 46.1 Å². The van der Waals surface area contributed by atoms with E-state index in [2.05, 4.69) is 24.8 Å². The fraction of sp³-hybridized carbons (Fsp3) is 0.556. The molecule has 1 unspecified atom stereocenters. The van der Waals surface area contributed by atoms with Crippen LogP contribution in [0.2, 0.25) is 0 Å². The van der Waals surface area contributed by atoms with Crippen molar-refractivity contribution in [2.75, 3.05) is 19.6 Å². The molecule has 0 saturated heterocycles. The van der Waals surface area contributed by atoms with Crippen LogP contribution in [0.15, 0.2) is 4.79 Å². The van der Waals surface area contributed by atoms with Gasteiger partial charge in [-0.25, -0.2) is 9.97 Å². The number of H-pyrrole nitrogens is 1. The van der Waals surface area contributed by atoms with E-state index in [0.717, 1.165) is 73.1 Å². The normalized spacial score (nSPS) is 19.9. The van der Waals surface area contributed by atoms with Gasteiger partial charge in [-0.05, 0) is 27.2 Å². The summed E-state index contributed by atoms with van der Waals surface area (Å²) in [7, 11) is 0. The highest BCUT2D eigenvalue weighted by molar-refractivity contribution is 5.34. The number of hydrogen-bond acceptors (Lipinski definition) is 6. The standard InChI is InChI=1S/C18H23N5O2/c1-10-15-8-13(25-18(15)22-11(2)19-10)9-23-6-4-14-16(5-7-23)20-12(3)21-17(14)24/h13H,4-9H2,1-3H3,(H,20,21,24). The summed E-state index contributed by atoms with van der Waals surface area (Å²) in [5, 5.41) is 0. The van der Waals surface area contributed by atoms with E-state index in [1.165, 1.54) is 0 Å². The van der Waals surface area contributed by atoms with Crippen molar-refractivity contribution in [2.24, 2.45) is 0 Å². The molecule has 0 aliphatic carbocycles. The molecule has 0 saturated carbocycles. The predicted molar refractivity (Wildman–Crippen MR) is 93.1 cm³/mol. The molecule has 7 heteroatoms. The number of nitrogens with zero attached hydrogens (tertiary/aromatic N) is 4. The van der Waals surface area contributed by atoms with E-state index in [1.54, 1.807) is 0 Å². The van der Waals surface area contributed by atoms with Crippen LogP contribution in [0.4, 0.5) is 0 Å². The summed E-state index contributed by atoms with van der Waals surface area (Å²) < 4.78 is 6.06. The van der Waals surface area contributed by atoms with Crippen molar-refractivity contribution in [1.82, 2.24) is 24.8 Å². The molecule has 2 aliphatic rings. The van der Waals surface area contributed by atoms with Crippen molar-refractivity contribution in [3.8, 4) is 5.88 Å². The van der Waals surface area contributed by atoms with Crippen LogP contribution in [0, 0.1) is 20.8 Å². The maximum Gasteiger partial charge on any atom is 0.254 e. The maximum atomic E-state index is 12.2. The third kappa shape index (κ3) is 3.16. The third-order valence-electron chi connectivity index (χ3n) is 5.02. The minimum Gasteiger partial charge on any atom is -0.472 e. The Morgan fingerprint density at radius 3 is 2.76 bits per heavy atom. The van der Waals surface area contributed by atoms with Crippen molar-refractivity contribution < 1.29 is 4.74 Å². The zero-order valence-electron chi connectivity index (χ0n) is 14.9. The van der Waals surface area contributed by atoms with Crippen LogP contribution in [0.5, 0.6) is 5.88 Å². The molecular weight excluding hydrogens is 318 g/mol. The van der Waals surface area contributed by atoms with Gasteiger partial charge in [0, 0.05) is 49.3 Å². The SMILES string of the molecule is Cc1nc(C)c2c(n1)OC(CN1CCc3nc(C)[nH]c(=O)c3CC1)C2. The molecule has 25 heavy (non-hydrogen) atoms. The van der Waals surface area contributed by atoms with E-state index in [0.29, 0.717) is 5.82 Å². The Kier molecular flexibility index (Phi) is 4.03. The van der Waals surface area contributed by atoms with E-state index in [9.17, 15) is 4.79 Å². The Morgan fingerprint density at radius 1 is 1.12 bits per heavy atom. The molecule has 1 N–H and O–H groups in total. The first kappa shape index (κ1) is 16.2. The molecule has 2 aromatic heterocycles. The molecular formula is C18H23N5O2. The zero-order valence-corrected chi connectivity index (χ0v) is 14.9. The van der Waals surface area contributed by atoms with Crippen molar-refractivity contribution in [1.29, 1.82) is 0 Å². The molecule has 132 valence electrons. The fourth-order valence-electron chi connectivity index (χ4n) is 3.82. The smallest absolute Gasteiger partial charge is 0.254 e. The van der Waals surface area contributed by atoms with Crippen LogP contribution in [0.25, 0.3) is 0 Å². The average molecular weight is 341 g/mol. The van der Waals surface area contributed by atoms with Crippen LogP contribution in [-0.4, -0.2) is 50.6 Å². The molecule has 7 nitrogen and oxygen atoms in total. The molecule has 4 heterocycles. The lowest BCUT2D eigenvalue weighted by molar-refractivity contribution is 0.150. The van der Waals surface area contributed by atoms with Crippen LogP contribution in [0.1, 0.15) is 34.2 Å². The Morgan fingerprint density at radius 2 is 1.92 bits per heavy atom. The largest absolute Gasteiger partial charge is 0.472 e. The van der Waals surface area contributed by atoms with E-state index in [1.807, 2.05) is 20.8 Å². The molecule has 2 aromatic rings. The Bertz CT molecular complexity index is 877. The van der Waals surface area contributed by atoms with Crippen molar-refractivity contribution in [3.63, 3.8) is 0 Å².